The largest absolute Gasteiger partial charge is 0.507 e. The summed E-state index contributed by atoms with van der Waals surface area (Å²) in [7, 11) is 0. The average molecular weight is 419 g/mol. The maximum atomic E-state index is 10.6. The van der Waals surface area contributed by atoms with Crippen LogP contribution in [0, 0.1) is 0 Å². The molecule has 4 aromatic rings. The van der Waals surface area contributed by atoms with Crippen LogP contribution < -0.4 is 5.32 Å². The van der Waals surface area contributed by atoms with Crippen LogP contribution in [0.3, 0.4) is 0 Å². The Kier molecular flexibility index (Phi) is 4.30. The normalized spacial score (nSPS) is 18.5. The van der Waals surface area contributed by atoms with Gasteiger partial charge in [0, 0.05) is 22.7 Å². The molecule has 1 aliphatic heterocycles. The number of nitrogens with one attached hydrogen (secondary N) is 1. The van der Waals surface area contributed by atoms with E-state index in [9.17, 15) is 5.11 Å². The maximum absolute atomic E-state index is 10.6. The maximum Gasteiger partial charge on any atom is 0.201 e. The second kappa shape index (κ2) is 6.81. The first-order valence-corrected chi connectivity index (χ1v) is 10.3. The first-order valence-electron chi connectivity index (χ1n) is 10.3. The Balaban J connectivity index is 1.49. The number of benzene rings is 1. The molecule has 1 aromatic carbocycles. The molecule has 0 amide bonds. The lowest BCUT2D eigenvalue weighted by Gasteiger charge is -2.46. The summed E-state index contributed by atoms with van der Waals surface area (Å²) < 4.78 is 3.47. The molecule has 1 saturated heterocycles. The van der Waals surface area contributed by atoms with E-state index < -0.39 is 0 Å². The fraction of sp³-hybridized carbons (Fsp3) is 0.429. The van der Waals surface area contributed by atoms with Gasteiger partial charge in [-0.1, -0.05) is 5.21 Å². The third-order valence-electron chi connectivity index (χ3n) is 5.68. The Morgan fingerprint density at radius 2 is 1.81 bits per heavy atom. The van der Waals surface area contributed by atoms with Gasteiger partial charge in [-0.3, -0.25) is 0 Å². The highest BCUT2D eigenvalue weighted by atomic mass is 16.3. The van der Waals surface area contributed by atoms with Gasteiger partial charge in [-0.15, -0.1) is 15.3 Å². The Labute approximate surface area is 179 Å². The summed E-state index contributed by atoms with van der Waals surface area (Å²) in [6.45, 7) is 8.82. The molecule has 0 spiro atoms. The van der Waals surface area contributed by atoms with Crippen LogP contribution >= 0.6 is 0 Å². The zero-order valence-electron chi connectivity index (χ0n) is 18.0. The van der Waals surface area contributed by atoms with E-state index in [0.29, 0.717) is 28.1 Å². The van der Waals surface area contributed by atoms with Gasteiger partial charge in [0.05, 0.1) is 17.4 Å². The van der Waals surface area contributed by atoms with Crippen molar-refractivity contribution in [1.82, 2.24) is 45.3 Å². The molecular weight excluding hydrogens is 394 g/mol. The molecule has 2 N–H and O–H groups in total. The minimum atomic E-state index is -0.0182. The number of rotatable bonds is 3. The molecule has 10 nitrogen and oxygen atoms in total. The number of hydrogen-bond donors (Lipinski definition) is 2. The minimum absolute atomic E-state index is 0.0182. The van der Waals surface area contributed by atoms with E-state index in [2.05, 4.69) is 63.6 Å². The molecule has 0 unspecified atom stereocenters. The molecule has 10 heteroatoms. The van der Waals surface area contributed by atoms with Crippen LogP contribution in [-0.4, -0.2) is 56.1 Å². The smallest absolute Gasteiger partial charge is 0.201 e. The number of phenolic OH excluding ortho intramolecular Hbond substituents is 1. The van der Waals surface area contributed by atoms with Gasteiger partial charge in [0.15, 0.2) is 0 Å². The lowest BCUT2D eigenvalue weighted by Crippen LogP contribution is -2.58. The highest BCUT2D eigenvalue weighted by Gasteiger charge is 2.39. The monoisotopic (exact) mass is 419 g/mol. The molecule has 0 bridgehead atoms. The molecule has 1 aliphatic rings. The van der Waals surface area contributed by atoms with Crippen molar-refractivity contribution in [2.24, 2.45) is 0 Å². The number of fused-ring (bicyclic) bond motifs is 1. The van der Waals surface area contributed by atoms with Crippen LogP contribution in [0.4, 0.5) is 0 Å². The van der Waals surface area contributed by atoms with Gasteiger partial charge in [0.2, 0.25) is 5.65 Å². The van der Waals surface area contributed by atoms with Crippen molar-refractivity contribution in [3.63, 3.8) is 0 Å². The lowest BCUT2D eigenvalue weighted by atomic mass is 9.80. The molecule has 0 aliphatic carbocycles. The van der Waals surface area contributed by atoms with Crippen LogP contribution in [0.5, 0.6) is 5.75 Å². The molecule has 0 saturated carbocycles. The van der Waals surface area contributed by atoms with Crippen LogP contribution in [0.15, 0.2) is 36.9 Å². The third kappa shape index (κ3) is 3.63. The third-order valence-corrected chi connectivity index (χ3v) is 5.68. The Hall–Kier alpha value is -3.40. The van der Waals surface area contributed by atoms with Gasteiger partial charge < -0.3 is 10.4 Å². The molecule has 0 radical (unpaired) electrons. The van der Waals surface area contributed by atoms with E-state index in [4.69, 9.17) is 0 Å². The molecular formula is C21H25N9O. The van der Waals surface area contributed by atoms with E-state index in [1.807, 2.05) is 16.8 Å². The number of nitrogens with zero attached hydrogens (tertiary/aromatic N) is 8. The lowest BCUT2D eigenvalue weighted by molar-refractivity contribution is 0.127. The minimum Gasteiger partial charge on any atom is -0.507 e. The average Bonchev–Trinajstić information content (AvgIpc) is 3.35. The van der Waals surface area contributed by atoms with E-state index in [1.54, 1.807) is 23.1 Å². The fourth-order valence-corrected chi connectivity index (χ4v) is 4.79. The summed E-state index contributed by atoms with van der Waals surface area (Å²) in [5, 5.41) is 35.9. The molecule has 5 rings (SSSR count). The van der Waals surface area contributed by atoms with Crippen molar-refractivity contribution < 1.29 is 5.11 Å². The highest BCUT2D eigenvalue weighted by molar-refractivity contribution is 5.77. The molecule has 4 heterocycles. The topological polar surface area (TPSA) is 119 Å². The van der Waals surface area contributed by atoms with Crippen molar-refractivity contribution in [2.75, 3.05) is 0 Å². The van der Waals surface area contributed by atoms with Gasteiger partial charge in [0.1, 0.15) is 23.9 Å². The molecule has 1 fully saturated rings. The summed E-state index contributed by atoms with van der Waals surface area (Å²) in [4.78, 5) is 3.93. The first kappa shape index (κ1) is 19.6. The Morgan fingerprint density at radius 3 is 2.48 bits per heavy atom. The van der Waals surface area contributed by atoms with Crippen molar-refractivity contribution in [3.05, 3.63) is 36.9 Å². The van der Waals surface area contributed by atoms with E-state index >= 15 is 0 Å². The standard InChI is InChI=1S/C21H25N9O/c1-20(2)9-14(10-21(3,4)27-20)30-19-17(25-28-30)8-16(24-26-19)15-6-5-13(7-18(15)31)29-12-22-11-23-29/h5-8,11-12,14,27,31H,9-10H2,1-4H3. The van der Waals surface area contributed by atoms with Gasteiger partial charge >= 0.3 is 0 Å². The fourth-order valence-electron chi connectivity index (χ4n) is 4.79. The Morgan fingerprint density at radius 1 is 1.03 bits per heavy atom. The van der Waals surface area contributed by atoms with Gasteiger partial charge in [-0.25, -0.2) is 14.3 Å². The molecule has 160 valence electrons. The molecule has 0 atom stereocenters. The molecule has 31 heavy (non-hydrogen) atoms. The summed E-state index contributed by atoms with van der Waals surface area (Å²) >= 11 is 0. The number of aromatic nitrogens is 8. The van der Waals surface area contributed by atoms with Crippen LogP contribution in [0.2, 0.25) is 0 Å². The van der Waals surface area contributed by atoms with Gasteiger partial charge in [-0.2, -0.15) is 5.10 Å². The highest BCUT2D eigenvalue weighted by Crippen LogP contribution is 2.37. The van der Waals surface area contributed by atoms with Crippen molar-refractivity contribution >= 4 is 11.2 Å². The number of aromatic hydroxyl groups is 1. The second-order valence-corrected chi connectivity index (χ2v) is 9.47. The summed E-state index contributed by atoms with van der Waals surface area (Å²) in [6, 6.07) is 7.22. The van der Waals surface area contributed by atoms with Gasteiger partial charge in [0.25, 0.3) is 0 Å². The number of hydrogen-bond acceptors (Lipinski definition) is 8. The summed E-state index contributed by atoms with van der Waals surface area (Å²) in [5.41, 5.74) is 3.07. The quantitative estimate of drug-likeness (QED) is 0.520. The van der Waals surface area contributed by atoms with E-state index in [-0.39, 0.29) is 22.9 Å². The summed E-state index contributed by atoms with van der Waals surface area (Å²) in [6.07, 6.45) is 4.85. The zero-order chi connectivity index (χ0) is 21.8. The predicted octanol–water partition coefficient (Wildman–Crippen LogP) is 2.66. The zero-order valence-corrected chi connectivity index (χ0v) is 18.0. The number of phenols is 1. The number of piperidine rings is 1. The predicted molar refractivity (Wildman–Crippen MR) is 115 cm³/mol. The summed E-state index contributed by atoms with van der Waals surface area (Å²) in [5.74, 6) is 0.0795. The van der Waals surface area contributed by atoms with Gasteiger partial charge in [-0.05, 0) is 58.7 Å². The first-order chi connectivity index (χ1) is 14.7. The van der Waals surface area contributed by atoms with Crippen LogP contribution in [0.25, 0.3) is 28.1 Å². The molecule has 3 aromatic heterocycles. The van der Waals surface area contributed by atoms with E-state index in [0.717, 1.165) is 12.8 Å². The van der Waals surface area contributed by atoms with Crippen molar-refractivity contribution in [3.8, 4) is 22.7 Å². The van der Waals surface area contributed by atoms with Crippen molar-refractivity contribution in [1.29, 1.82) is 0 Å². The SMILES string of the molecule is CC1(C)CC(n2nnc3cc(-c4ccc(-n5cncn5)cc4O)nnc32)CC(C)(C)N1. The van der Waals surface area contributed by atoms with Crippen molar-refractivity contribution in [2.45, 2.75) is 57.7 Å². The Bertz CT molecular complexity index is 1230. The van der Waals surface area contributed by atoms with E-state index in [1.165, 1.54) is 6.33 Å². The van der Waals surface area contributed by atoms with Crippen LogP contribution in [-0.2, 0) is 0 Å². The van der Waals surface area contributed by atoms with Crippen LogP contribution in [0.1, 0.15) is 46.6 Å². The second-order valence-electron chi connectivity index (χ2n) is 9.47.